The molecule has 7 nitrogen and oxygen atoms in total. The summed E-state index contributed by atoms with van der Waals surface area (Å²) < 4.78 is 8.01. The number of pyridine rings is 2. The molecule has 2 saturated carbocycles. The van der Waals surface area contributed by atoms with Crippen LogP contribution in [-0.2, 0) is 0 Å². The van der Waals surface area contributed by atoms with Crippen LogP contribution in [0.4, 0.5) is 11.6 Å². The van der Waals surface area contributed by atoms with Gasteiger partial charge in [0.25, 0.3) is 0 Å². The molecule has 0 radical (unpaired) electrons. The van der Waals surface area contributed by atoms with Gasteiger partial charge < -0.3 is 14.5 Å². The van der Waals surface area contributed by atoms with Crippen molar-refractivity contribution in [2.24, 2.45) is 23.7 Å². The molecule has 1 unspecified atom stereocenters. The molecule has 1 saturated heterocycles. The fourth-order valence-corrected chi connectivity index (χ4v) is 7.47. The maximum atomic E-state index is 6.16. The predicted octanol–water partition coefficient (Wildman–Crippen LogP) is 6.92. The van der Waals surface area contributed by atoms with Crippen LogP contribution in [0.3, 0.4) is 0 Å². The highest BCUT2D eigenvalue weighted by molar-refractivity contribution is 5.84. The molecule has 3 fully saturated rings. The van der Waals surface area contributed by atoms with E-state index >= 15 is 0 Å². The van der Waals surface area contributed by atoms with Crippen molar-refractivity contribution in [1.82, 2.24) is 19.7 Å². The lowest BCUT2D eigenvalue weighted by atomic mass is 9.93. The average Bonchev–Trinajstić information content (AvgIpc) is 3.92. The van der Waals surface area contributed by atoms with Crippen LogP contribution in [0.1, 0.15) is 76.5 Å². The molecule has 2 aliphatic carbocycles. The second kappa shape index (κ2) is 10.9. The summed E-state index contributed by atoms with van der Waals surface area (Å²) >= 11 is 0. The van der Waals surface area contributed by atoms with Gasteiger partial charge in [0, 0.05) is 43.5 Å². The Hall–Kier alpha value is -3.57. The quantitative estimate of drug-likeness (QED) is 0.291. The van der Waals surface area contributed by atoms with Crippen molar-refractivity contribution in [3.05, 3.63) is 66.2 Å². The molecule has 2 aliphatic heterocycles. The van der Waals surface area contributed by atoms with Crippen LogP contribution in [-0.4, -0.2) is 52.0 Å². The van der Waals surface area contributed by atoms with Gasteiger partial charge in [0.2, 0.25) is 5.88 Å². The Morgan fingerprint density at radius 3 is 2.60 bits per heavy atom. The molecular formula is C35H44N6O. The highest BCUT2D eigenvalue weighted by atomic mass is 16.5. The van der Waals surface area contributed by atoms with Gasteiger partial charge in [-0.2, -0.15) is 0 Å². The number of fused-ring (bicyclic) bond motifs is 6. The average molecular weight is 565 g/mol. The van der Waals surface area contributed by atoms with Gasteiger partial charge in [-0.25, -0.2) is 14.6 Å². The maximum Gasteiger partial charge on any atom is 0.233 e. The molecule has 0 amide bonds. The third-order valence-corrected chi connectivity index (χ3v) is 9.96. The summed E-state index contributed by atoms with van der Waals surface area (Å²) in [4.78, 5) is 15.1. The largest absolute Gasteiger partial charge is 0.477 e. The molecule has 0 N–H and O–H groups in total. The van der Waals surface area contributed by atoms with Gasteiger partial charge in [-0.15, -0.1) is 10.8 Å². The summed E-state index contributed by atoms with van der Waals surface area (Å²) in [7, 11) is 2.14. The van der Waals surface area contributed by atoms with Crippen LogP contribution in [0.25, 0.3) is 11.4 Å². The summed E-state index contributed by atoms with van der Waals surface area (Å²) in [5.74, 6) is 6.72. The second-order valence-electron chi connectivity index (χ2n) is 13.6. The van der Waals surface area contributed by atoms with Crippen LogP contribution in [0.2, 0.25) is 0 Å². The molecule has 7 rings (SSSR count). The molecule has 7 heteroatoms. The van der Waals surface area contributed by atoms with E-state index in [1.165, 1.54) is 32.1 Å². The second-order valence-corrected chi connectivity index (χ2v) is 13.6. The van der Waals surface area contributed by atoms with Crippen molar-refractivity contribution < 1.29 is 4.74 Å². The summed E-state index contributed by atoms with van der Waals surface area (Å²) in [5.41, 5.74) is 5.95. The normalized spacial score (nSPS) is 21.8. The Morgan fingerprint density at radius 1 is 1.02 bits per heavy atom. The molecule has 4 aliphatic rings. The Kier molecular flexibility index (Phi) is 7.09. The molecule has 0 aromatic carbocycles. The van der Waals surface area contributed by atoms with Crippen LogP contribution in [0.15, 0.2) is 54.9 Å². The number of hydrogen-bond donors (Lipinski definition) is 0. The number of aromatic nitrogens is 4. The van der Waals surface area contributed by atoms with Crippen molar-refractivity contribution >= 4 is 17.2 Å². The van der Waals surface area contributed by atoms with Crippen molar-refractivity contribution in [2.75, 3.05) is 36.5 Å². The van der Waals surface area contributed by atoms with E-state index in [2.05, 4.69) is 61.2 Å². The van der Waals surface area contributed by atoms with Gasteiger partial charge in [0.05, 0.1) is 17.9 Å². The van der Waals surface area contributed by atoms with E-state index in [9.17, 15) is 0 Å². The zero-order valence-electron chi connectivity index (χ0n) is 25.4. The van der Waals surface area contributed by atoms with E-state index in [1.807, 2.05) is 29.1 Å². The van der Waals surface area contributed by atoms with Gasteiger partial charge in [-0.3, -0.25) is 0 Å². The van der Waals surface area contributed by atoms with Crippen LogP contribution in [0, 0.1) is 23.7 Å². The monoisotopic (exact) mass is 564 g/mol. The summed E-state index contributed by atoms with van der Waals surface area (Å²) in [5, 5.41) is 4.79. The Balaban J connectivity index is 1.20. The number of ether oxygens (including phenoxy) is 1. The lowest BCUT2D eigenvalue weighted by Gasteiger charge is -2.34. The van der Waals surface area contributed by atoms with E-state index in [0.717, 1.165) is 91.0 Å². The minimum Gasteiger partial charge on any atom is -0.477 e. The van der Waals surface area contributed by atoms with E-state index < -0.39 is 0 Å². The molecule has 3 aromatic heterocycles. The first kappa shape index (κ1) is 27.3. The van der Waals surface area contributed by atoms with E-state index in [-0.39, 0.29) is 5.54 Å². The molecule has 1 atom stereocenters. The summed E-state index contributed by atoms with van der Waals surface area (Å²) in [6.07, 6.45) is 12.2. The Bertz CT molecular complexity index is 1480. The Labute approximate surface area is 250 Å². The minimum absolute atomic E-state index is 0.0271. The number of hydrogen-bond acceptors (Lipinski definition) is 6. The fraction of sp³-hybridized carbons (Fsp3) is 0.543. The van der Waals surface area contributed by atoms with Crippen LogP contribution < -0.4 is 14.5 Å². The SMILES string of the molecule is C=C=C1c2cccc(n2)N(C)CCCC2CN(c3nc(-n4ccc(OCCC(C5CC5)C5CC5)n4)ccc31)C(C)(C)C2. The van der Waals surface area contributed by atoms with E-state index in [1.54, 1.807) is 0 Å². The van der Waals surface area contributed by atoms with Crippen molar-refractivity contribution in [3.63, 3.8) is 0 Å². The van der Waals surface area contributed by atoms with E-state index in [4.69, 9.17) is 19.8 Å². The lowest BCUT2D eigenvalue weighted by Crippen LogP contribution is -2.39. The zero-order chi connectivity index (χ0) is 28.8. The smallest absolute Gasteiger partial charge is 0.233 e. The molecule has 4 bridgehead atoms. The topological polar surface area (TPSA) is 59.3 Å². The van der Waals surface area contributed by atoms with Gasteiger partial charge in [-0.1, -0.05) is 12.6 Å². The summed E-state index contributed by atoms with van der Waals surface area (Å²) in [6, 6.07) is 12.4. The van der Waals surface area contributed by atoms with Gasteiger partial charge in [0.15, 0.2) is 5.82 Å². The molecule has 5 heterocycles. The number of rotatable bonds is 7. The highest BCUT2D eigenvalue weighted by Gasteiger charge is 2.41. The molecule has 220 valence electrons. The van der Waals surface area contributed by atoms with Gasteiger partial charge in [0.1, 0.15) is 11.6 Å². The molecule has 0 spiro atoms. The lowest BCUT2D eigenvalue weighted by molar-refractivity contribution is 0.243. The molecule has 42 heavy (non-hydrogen) atoms. The number of nitrogens with zero attached hydrogens (tertiary/aromatic N) is 6. The highest BCUT2D eigenvalue weighted by Crippen LogP contribution is 2.50. The fourth-order valence-electron chi connectivity index (χ4n) is 7.47. The third-order valence-electron chi connectivity index (χ3n) is 9.96. The third kappa shape index (κ3) is 5.47. The summed E-state index contributed by atoms with van der Waals surface area (Å²) in [6.45, 7) is 11.5. The van der Waals surface area contributed by atoms with Crippen molar-refractivity contribution in [3.8, 4) is 11.7 Å². The first-order chi connectivity index (χ1) is 20.4. The van der Waals surface area contributed by atoms with Gasteiger partial charge in [-0.05, 0) is 113 Å². The first-order valence-electron chi connectivity index (χ1n) is 16.0. The van der Waals surface area contributed by atoms with E-state index in [0.29, 0.717) is 11.8 Å². The number of anilines is 2. The predicted molar refractivity (Wildman–Crippen MR) is 168 cm³/mol. The maximum absolute atomic E-state index is 6.16. The van der Waals surface area contributed by atoms with Crippen molar-refractivity contribution in [1.29, 1.82) is 0 Å². The van der Waals surface area contributed by atoms with Crippen LogP contribution in [0.5, 0.6) is 5.88 Å². The minimum atomic E-state index is -0.0271. The Morgan fingerprint density at radius 2 is 1.83 bits per heavy atom. The molecule has 3 aromatic rings. The first-order valence-corrected chi connectivity index (χ1v) is 16.0. The van der Waals surface area contributed by atoms with Gasteiger partial charge >= 0.3 is 0 Å². The zero-order valence-corrected chi connectivity index (χ0v) is 25.4. The molecular weight excluding hydrogens is 520 g/mol. The standard InChI is InChI=1S/C35H44N6O/c1-5-27-29-15-16-32(41-20-17-33(38-41)42-21-18-28(25-11-12-25)26-13-14-26)37-34(29)40-23-24(22-35(40,2)3)8-7-19-39(4)31-10-6-9-30(27)36-31/h6,9-10,15-17,20,24-26,28H,1,7-8,11-14,18-19,21-23H2,2-4H3. The van der Waals surface area contributed by atoms with Crippen molar-refractivity contribution in [2.45, 2.75) is 70.8 Å². The van der Waals surface area contributed by atoms with Crippen LogP contribution >= 0.6 is 0 Å².